The van der Waals surface area contributed by atoms with Crippen molar-refractivity contribution in [2.75, 3.05) is 18.4 Å². The molecule has 0 unspecified atom stereocenters. The number of carbonyl (C=O) groups is 1. The molecule has 7 nitrogen and oxygen atoms in total. The van der Waals surface area contributed by atoms with Gasteiger partial charge in [-0.3, -0.25) is 15.0 Å². The lowest BCUT2D eigenvalue weighted by molar-refractivity contribution is -0.118. The van der Waals surface area contributed by atoms with Crippen LogP contribution in [0.1, 0.15) is 32.3 Å². The van der Waals surface area contributed by atoms with Crippen LogP contribution in [-0.4, -0.2) is 50.6 Å². The highest BCUT2D eigenvalue weighted by Crippen LogP contribution is 2.26. The van der Waals surface area contributed by atoms with E-state index < -0.39 is 0 Å². The fourth-order valence-electron chi connectivity index (χ4n) is 3.87. The van der Waals surface area contributed by atoms with E-state index in [9.17, 15) is 4.79 Å². The lowest BCUT2D eigenvalue weighted by Gasteiger charge is -2.40. The number of nitrogens with zero attached hydrogens (tertiary/aromatic N) is 4. The van der Waals surface area contributed by atoms with Gasteiger partial charge in [-0.2, -0.15) is 4.98 Å². The van der Waals surface area contributed by atoms with Gasteiger partial charge < -0.3 is 5.32 Å². The molecule has 5 rings (SSSR count). The molecule has 3 aromatic rings. The summed E-state index contributed by atoms with van der Waals surface area (Å²) in [6.07, 6.45) is 4.55. The normalized spacial score (nSPS) is 17.4. The first-order valence-electron chi connectivity index (χ1n) is 10.8. The zero-order chi connectivity index (χ0) is 20.7. The van der Waals surface area contributed by atoms with E-state index in [-0.39, 0.29) is 11.8 Å². The first-order chi connectivity index (χ1) is 14.5. The first kappa shape index (κ1) is 19.2. The summed E-state index contributed by atoms with van der Waals surface area (Å²) in [5.74, 6) is 0.136. The van der Waals surface area contributed by atoms with Gasteiger partial charge in [0.25, 0.3) is 0 Å². The minimum absolute atomic E-state index is 0.0858. The lowest BCUT2D eigenvalue weighted by atomic mass is 10.0. The number of benzene rings is 1. The van der Waals surface area contributed by atoms with Gasteiger partial charge in [-0.15, -0.1) is 5.10 Å². The van der Waals surface area contributed by atoms with Crippen LogP contribution in [0, 0.1) is 5.92 Å². The maximum absolute atomic E-state index is 12.0. The maximum atomic E-state index is 12.0. The molecule has 2 aromatic heterocycles. The zero-order valence-corrected chi connectivity index (χ0v) is 17.5. The molecule has 3 heterocycles. The summed E-state index contributed by atoms with van der Waals surface area (Å²) >= 11 is 0. The van der Waals surface area contributed by atoms with Gasteiger partial charge >= 0.3 is 0 Å². The molecule has 0 radical (unpaired) electrons. The summed E-state index contributed by atoms with van der Waals surface area (Å²) in [5, 5.41) is 10.9. The molecule has 0 atom stereocenters. The van der Waals surface area contributed by atoms with Gasteiger partial charge in [-0.1, -0.05) is 38.1 Å². The van der Waals surface area contributed by atoms with E-state index >= 15 is 0 Å². The van der Waals surface area contributed by atoms with Gasteiger partial charge in [0.05, 0.1) is 0 Å². The lowest BCUT2D eigenvalue weighted by Crippen LogP contribution is -2.57. The van der Waals surface area contributed by atoms with Crippen molar-refractivity contribution in [3.63, 3.8) is 0 Å². The van der Waals surface area contributed by atoms with Gasteiger partial charge in [0.15, 0.2) is 5.65 Å². The molecule has 2 fully saturated rings. The van der Waals surface area contributed by atoms with Gasteiger partial charge in [0.1, 0.15) is 0 Å². The Morgan fingerprint density at radius 2 is 1.90 bits per heavy atom. The number of likely N-dealkylation sites (tertiary alicyclic amines) is 1. The molecule has 2 aliphatic rings. The van der Waals surface area contributed by atoms with Crippen molar-refractivity contribution in [1.82, 2.24) is 24.8 Å². The fraction of sp³-hybridized carbons (Fsp3) is 0.435. The fourth-order valence-corrected chi connectivity index (χ4v) is 3.87. The van der Waals surface area contributed by atoms with Crippen LogP contribution in [-0.2, 0) is 11.3 Å². The number of carbonyl (C=O) groups excluding carboxylic acids is 1. The quantitative estimate of drug-likeness (QED) is 0.633. The number of aromatic nitrogens is 3. The molecule has 1 aliphatic carbocycles. The second-order valence-electron chi connectivity index (χ2n) is 8.80. The standard InChI is InChI=1S/C23H28N6O/c1-15(2)22(30)26-23-25-21-20(4-3-11-29(21)27-23)17-7-5-16(6-8-17)12-28-13-19(14-28)24-18-9-10-18/h3-8,11,15,18-19,24H,9-10,12-14H2,1-2H3,(H,26,27,30). The Bertz CT molecular complexity index is 1050. The highest BCUT2D eigenvalue weighted by atomic mass is 16.2. The third-order valence-corrected chi connectivity index (χ3v) is 5.80. The molecule has 2 N–H and O–H groups in total. The third-order valence-electron chi connectivity index (χ3n) is 5.80. The SMILES string of the molecule is CC(C)C(=O)Nc1nc2c(-c3ccc(CN4CC(NC5CC5)C4)cc3)cccn2n1. The number of anilines is 1. The van der Waals surface area contributed by atoms with E-state index in [2.05, 4.69) is 49.9 Å². The van der Waals surface area contributed by atoms with Crippen LogP contribution in [0.4, 0.5) is 5.95 Å². The number of fused-ring (bicyclic) bond motifs is 1. The molecule has 1 amide bonds. The topological polar surface area (TPSA) is 74.6 Å². The van der Waals surface area contributed by atoms with E-state index in [1.807, 2.05) is 32.2 Å². The monoisotopic (exact) mass is 404 g/mol. The summed E-state index contributed by atoms with van der Waals surface area (Å²) < 4.78 is 1.71. The van der Waals surface area contributed by atoms with Crippen molar-refractivity contribution < 1.29 is 4.79 Å². The predicted molar refractivity (Wildman–Crippen MR) is 117 cm³/mol. The van der Waals surface area contributed by atoms with Crippen LogP contribution in [0.15, 0.2) is 42.6 Å². The Morgan fingerprint density at radius 1 is 1.13 bits per heavy atom. The molecular formula is C23H28N6O. The largest absolute Gasteiger partial charge is 0.309 e. The second kappa shape index (κ2) is 7.81. The van der Waals surface area contributed by atoms with Crippen molar-refractivity contribution in [3.05, 3.63) is 48.2 Å². The average Bonchev–Trinajstić information content (AvgIpc) is 3.43. The van der Waals surface area contributed by atoms with Crippen molar-refractivity contribution in [2.45, 2.75) is 45.3 Å². The van der Waals surface area contributed by atoms with Gasteiger partial charge in [-0.25, -0.2) is 4.52 Å². The Morgan fingerprint density at radius 3 is 2.60 bits per heavy atom. The van der Waals surface area contributed by atoms with Crippen LogP contribution in [0.5, 0.6) is 0 Å². The Labute approximate surface area is 176 Å². The van der Waals surface area contributed by atoms with Crippen LogP contribution in [0.25, 0.3) is 16.8 Å². The number of rotatable bonds is 7. The van der Waals surface area contributed by atoms with Crippen LogP contribution >= 0.6 is 0 Å². The minimum Gasteiger partial charge on any atom is -0.309 e. The third kappa shape index (κ3) is 4.08. The Balaban J connectivity index is 1.28. The van der Waals surface area contributed by atoms with Crippen molar-refractivity contribution in [3.8, 4) is 11.1 Å². The molecule has 1 aromatic carbocycles. The second-order valence-corrected chi connectivity index (χ2v) is 8.80. The van der Waals surface area contributed by atoms with Gasteiger partial charge in [-0.05, 0) is 36.1 Å². The first-order valence-corrected chi connectivity index (χ1v) is 10.8. The number of hydrogen-bond donors (Lipinski definition) is 2. The highest BCUT2D eigenvalue weighted by Gasteiger charge is 2.31. The molecule has 7 heteroatoms. The summed E-state index contributed by atoms with van der Waals surface area (Å²) in [4.78, 5) is 19.0. The van der Waals surface area contributed by atoms with Gasteiger partial charge in [0, 0.05) is 49.4 Å². The van der Waals surface area contributed by atoms with E-state index in [4.69, 9.17) is 0 Å². The Hall–Kier alpha value is -2.77. The van der Waals surface area contributed by atoms with E-state index in [0.29, 0.717) is 12.0 Å². The van der Waals surface area contributed by atoms with Crippen molar-refractivity contribution in [2.24, 2.45) is 5.92 Å². The highest BCUT2D eigenvalue weighted by molar-refractivity contribution is 5.91. The Kier molecular flexibility index (Phi) is 5.00. The molecule has 1 saturated carbocycles. The average molecular weight is 405 g/mol. The summed E-state index contributed by atoms with van der Waals surface area (Å²) in [6, 6.07) is 14.1. The summed E-state index contributed by atoms with van der Waals surface area (Å²) in [6.45, 7) is 6.97. The zero-order valence-electron chi connectivity index (χ0n) is 17.5. The maximum Gasteiger partial charge on any atom is 0.249 e. The van der Waals surface area contributed by atoms with Crippen molar-refractivity contribution in [1.29, 1.82) is 0 Å². The number of hydrogen-bond acceptors (Lipinski definition) is 5. The molecule has 156 valence electrons. The number of nitrogens with one attached hydrogen (secondary N) is 2. The van der Waals surface area contributed by atoms with E-state index in [1.54, 1.807) is 4.52 Å². The summed E-state index contributed by atoms with van der Waals surface area (Å²) in [7, 11) is 0. The molecule has 0 bridgehead atoms. The number of amides is 1. The molecular weight excluding hydrogens is 376 g/mol. The van der Waals surface area contributed by atoms with Crippen LogP contribution < -0.4 is 10.6 Å². The smallest absolute Gasteiger partial charge is 0.249 e. The van der Waals surface area contributed by atoms with Crippen molar-refractivity contribution >= 4 is 17.5 Å². The predicted octanol–water partition coefficient (Wildman–Crippen LogP) is 2.93. The minimum atomic E-state index is -0.116. The molecule has 1 saturated heterocycles. The number of pyridine rings is 1. The van der Waals surface area contributed by atoms with E-state index in [0.717, 1.165) is 42.5 Å². The van der Waals surface area contributed by atoms with E-state index in [1.165, 1.54) is 18.4 Å². The molecule has 1 aliphatic heterocycles. The molecule has 0 spiro atoms. The van der Waals surface area contributed by atoms with Crippen LogP contribution in [0.2, 0.25) is 0 Å². The van der Waals surface area contributed by atoms with Crippen LogP contribution in [0.3, 0.4) is 0 Å². The van der Waals surface area contributed by atoms with Gasteiger partial charge in [0.2, 0.25) is 11.9 Å². The summed E-state index contributed by atoms with van der Waals surface area (Å²) in [5.41, 5.74) is 4.15. The molecule has 30 heavy (non-hydrogen) atoms.